The number of para-hydroxylation sites is 1. The molecule has 2 rings (SSSR count). The highest BCUT2D eigenvalue weighted by Crippen LogP contribution is 2.17. The molecule has 0 aliphatic heterocycles. The summed E-state index contributed by atoms with van der Waals surface area (Å²) in [6, 6.07) is 16.2. The summed E-state index contributed by atoms with van der Waals surface area (Å²) in [6.45, 7) is 2.50. The molecule has 0 heterocycles. The number of carbonyl (C=O) groups is 2. The van der Waals surface area contributed by atoms with Crippen LogP contribution in [0.2, 0.25) is 0 Å². The quantitative estimate of drug-likeness (QED) is 0.537. The molecule has 0 bridgehead atoms. The van der Waals surface area contributed by atoms with Gasteiger partial charge in [-0.1, -0.05) is 49.4 Å². The van der Waals surface area contributed by atoms with Gasteiger partial charge in [0.05, 0.1) is 18.6 Å². The summed E-state index contributed by atoms with van der Waals surface area (Å²) in [5.74, 6) is -0.186. The summed E-state index contributed by atoms with van der Waals surface area (Å²) < 4.78 is 5.56. The van der Waals surface area contributed by atoms with Gasteiger partial charge < -0.3 is 4.74 Å². The van der Waals surface area contributed by atoms with Crippen molar-refractivity contribution < 1.29 is 14.3 Å². The summed E-state index contributed by atoms with van der Waals surface area (Å²) in [6.07, 6.45) is 1.04. The minimum Gasteiger partial charge on any atom is -0.493 e. The topological polar surface area (TPSA) is 79.5 Å². The van der Waals surface area contributed by atoms with Crippen LogP contribution in [0.15, 0.2) is 54.6 Å². The van der Waals surface area contributed by atoms with Crippen LogP contribution >= 0.6 is 12.2 Å². The maximum absolute atomic E-state index is 12.3. The van der Waals surface area contributed by atoms with E-state index in [0.717, 1.165) is 12.0 Å². The molecule has 0 aliphatic rings. The molecule has 2 amide bonds. The Bertz CT molecular complexity index is 766. The minimum atomic E-state index is -0.411. The Morgan fingerprint density at radius 3 is 2.42 bits per heavy atom. The average Bonchev–Trinajstić information content (AvgIpc) is 2.65. The van der Waals surface area contributed by atoms with Gasteiger partial charge in [0.25, 0.3) is 5.91 Å². The third-order valence-corrected chi connectivity index (χ3v) is 3.55. The van der Waals surface area contributed by atoms with Crippen molar-refractivity contribution in [3.05, 3.63) is 65.7 Å². The molecule has 0 radical (unpaired) electrons. The number of hydrogen-bond acceptors (Lipinski definition) is 4. The smallest absolute Gasteiger partial charge is 0.261 e. The maximum Gasteiger partial charge on any atom is 0.261 e. The molecule has 26 heavy (non-hydrogen) atoms. The SMILES string of the molecule is CCCOc1ccccc1C(=O)NC(=S)NNC(=O)Cc1ccccc1. The normalized spacial score (nSPS) is 9.88. The Labute approximate surface area is 157 Å². The van der Waals surface area contributed by atoms with Crippen LogP contribution < -0.4 is 20.9 Å². The summed E-state index contributed by atoms with van der Waals surface area (Å²) in [5.41, 5.74) is 6.24. The molecule has 136 valence electrons. The molecule has 3 N–H and O–H groups in total. The zero-order valence-electron chi connectivity index (χ0n) is 14.5. The van der Waals surface area contributed by atoms with Crippen LogP contribution in [0.3, 0.4) is 0 Å². The zero-order valence-corrected chi connectivity index (χ0v) is 15.3. The number of hydrogen-bond donors (Lipinski definition) is 3. The zero-order chi connectivity index (χ0) is 18.8. The number of benzene rings is 2. The van der Waals surface area contributed by atoms with Gasteiger partial charge in [-0.05, 0) is 36.3 Å². The lowest BCUT2D eigenvalue weighted by molar-refractivity contribution is -0.121. The van der Waals surface area contributed by atoms with E-state index in [4.69, 9.17) is 17.0 Å². The second kappa shape index (κ2) is 10.1. The Morgan fingerprint density at radius 1 is 1.00 bits per heavy atom. The van der Waals surface area contributed by atoms with Gasteiger partial charge in [-0.2, -0.15) is 0 Å². The molecule has 0 atom stereocenters. The molecule has 0 saturated heterocycles. The lowest BCUT2D eigenvalue weighted by atomic mass is 10.1. The number of thiocarbonyl (C=S) groups is 1. The predicted octanol–water partition coefficient (Wildman–Crippen LogP) is 2.35. The van der Waals surface area contributed by atoms with Crippen LogP contribution in [-0.2, 0) is 11.2 Å². The second-order valence-electron chi connectivity index (χ2n) is 5.46. The summed E-state index contributed by atoms with van der Waals surface area (Å²) >= 11 is 5.05. The Balaban J connectivity index is 1.84. The first kappa shape index (κ1) is 19.4. The highest BCUT2D eigenvalue weighted by molar-refractivity contribution is 7.80. The third-order valence-electron chi connectivity index (χ3n) is 3.34. The number of carbonyl (C=O) groups excluding carboxylic acids is 2. The first-order valence-corrected chi connectivity index (χ1v) is 8.67. The molecule has 0 aromatic heterocycles. The fraction of sp³-hybridized carbons (Fsp3) is 0.211. The summed E-state index contributed by atoms with van der Waals surface area (Å²) in [4.78, 5) is 24.2. The lowest BCUT2D eigenvalue weighted by Crippen LogP contribution is -2.48. The predicted molar refractivity (Wildman–Crippen MR) is 104 cm³/mol. The van der Waals surface area contributed by atoms with Gasteiger partial charge in [-0.3, -0.25) is 25.8 Å². The largest absolute Gasteiger partial charge is 0.493 e. The van der Waals surface area contributed by atoms with Gasteiger partial charge in [-0.25, -0.2) is 0 Å². The van der Waals surface area contributed by atoms with E-state index in [1.54, 1.807) is 24.3 Å². The molecule has 2 aromatic rings. The molecular weight excluding hydrogens is 350 g/mol. The monoisotopic (exact) mass is 371 g/mol. The van der Waals surface area contributed by atoms with Gasteiger partial charge in [0, 0.05) is 0 Å². The molecule has 0 fully saturated rings. The molecule has 0 unspecified atom stereocenters. The van der Waals surface area contributed by atoms with Crippen molar-refractivity contribution in [2.45, 2.75) is 19.8 Å². The van der Waals surface area contributed by atoms with E-state index in [1.165, 1.54) is 0 Å². The van der Waals surface area contributed by atoms with Gasteiger partial charge in [0.2, 0.25) is 5.91 Å². The highest BCUT2D eigenvalue weighted by Gasteiger charge is 2.13. The maximum atomic E-state index is 12.3. The van der Waals surface area contributed by atoms with E-state index in [2.05, 4.69) is 16.2 Å². The molecule has 6 nitrogen and oxygen atoms in total. The van der Waals surface area contributed by atoms with Crippen molar-refractivity contribution in [3.63, 3.8) is 0 Å². The fourth-order valence-corrected chi connectivity index (χ4v) is 2.29. The fourth-order valence-electron chi connectivity index (χ4n) is 2.15. The minimum absolute atomic E-state index is 0.00158. The van der Waals surface area contributed by atoms with Crippen LogP contribution in [-0.4, -0.2) is 23.5 Å². The number of rotatable bonds is 6. The number of hydrazine groups is 1. The second-order valence-corrected chi connectivity index (χ2v) is 5.87. The van der Waals surface area contributed by atoms with Crippen LogP contribution in [0.1, 0.15) is 29.3 Å². The van der Waals surface area contributed by atoms with E-state index in [-0.39, 0.29) is 17.4 Å². The first-order valence-electron chi connectivity index (χ1n) is 8.26. The van der Waals surface area contributed by atoms with E-state index >= 15 is 0 Å². The molecule has 0 spiro atoms. The number of amides is 2. The summed E-state index contributed by atoms with van der Waals surface area (Å²) in [7, 11) is 0. The van der Waals surface area contributed by atoms with Gasteiger partial charge in [0.15, 0.2) is 5.11 Å². The van der Waals surface area contributed by atoms with Crippen LogP contribution in [0, 0.1) is 0 Å². The van der Waals surface area contributed by atoms with Crippen LogP contribution in [0.5, 0.6) is 5.75 Å². The van der Waals surface area contributed by atoms with E-state index in [9.17, 15) is 9.59 Å². The molecule has 2 aromatic carbocycles. The molecule has 0 saturated carbocycles. The molecular formula is C19H21N3O3S. The standard InChI is InChI=1S/C19H21N3O3S/c1-2-12-25-16-11-7-6-10-15(16)18(24)20-19(26)22-21-17(23)13-14-8-4-3-5-9-14/h3-11H,2,12-13H2,1H3,(H,21,23)(H2,20,22,24,26). The van der Waals surface area contributed by atoms with E-state index < -0.39 is 5.91 Å². The number of ether oxygens (including phenoxy) is 1. The van der Waals surface area contributed by atoms with E-state index in [1.807, 2.05) is 37.3 Å². The molecule has 0 aliphatic carbocycles. The Morgan fingerprint density at radius 2 is 1.69 bits per heavy atom. The van der Waals surface area contributed by atoms with Crippen molar-refractivity contribution in [1.29, 1.82) is 0 Å². The number of nitrogens with one attached hydrogen (secondary N) is 3. The van der Waals surface area contributed by atoms with Crippen molar-refractivity contribution in [3.8, 4) is 5.75 Å². The van der Waals surface area contributed by atoms with Crippen LogP contribution in [0.4, 0.5) is 0 Å². The highest BCUT2D eigenvalue weighted by atomic mass is 32.1. The van der Waals surface area contributed by atoms with Crippen molar-refractivity contribution in [2.75, 3.05) is 6.61 Å². The van der Waals surface area contributed by atoms with Crippen molar-refractivity contribution in [2.24, 2.45) is 0 Å². The average molecular weight is 371 g/mol. The molecule has 7 heteroatoms. The first-order chi connectivity index (χ1) is 12.6. The summed E-state index contributed by atoms with van der Waals surface area (Å²) in [5, 5.41) is 2.52. The van der Waals surface area contributed by atoms with Crippen molar-refractivity contribution in [1.82, 2.24) is 16.2 Å². The third kappa shape index (κ3) is 6.18. The van der Waals surface area contributed by atoms with E-state index in [0.29, 0.717) is 17.9 Å². The van der Waals surface area contributed by atoms with Gasteiger partial charge >= 0.3 is 0 Å². The van der Waals surface area contributed by atoms with Crippen molar-refractivity contribution >= 4 is 29.1 Å². The lowest BCUT2D eigenvalue weighted by Gasteiger charge is -2.13. The van der Waals surface area contributed by atoms with Gasteiger partial charge in [0.1, 0.15) is 5.75 Å². The van der Waals surface area contributed by atoms with Gasteiger partial charge in [-0.15, -0.1) is 0 Å². The van der Waals surface area contributed by atoms with Crippen LogP contribution in [0.25, 0.3) is 0 Å². The Kier molecular flexibility index (Phi) is 7.57. The Hall–Kier alpha value is -2.93.